The van der Waals surface area contributed by atoms with Gasteiger partial charge >= 0.3 is 7.60 Å². The SMILES string of the molecule is O=P(O)(O)c1c(-c2ccccc2)[nH]c2ccccc12. The highest BCUT2D eigenvalue weighted by atomic mass is 31.2. The van der Waals surface area contributed by atoms with Crippen molar-refractivity contribution < 1.29 is 14.4 Å². The third-order valence-corrected chi connectivity index (χ3v) is 4.08. The van der Waals surface area contributed by atoms with Gasteiger partial charge < -0.3 is 14.8 Å². The van der Waals surface area contributed by atoms with Crippen LogP contribution in [0.15, 0.2) is 54.6 Å². The predicted octanol–water partition coefficient (Wildman–Crippen LogP) is 2.64. The van der Waals surface area contributed by atoms with Gasteiger partial charge in [0.2, 0.25) is 0 Å². The summed E-state index contributed by atoms with van der Waals surface area (Å²) in [5.74, 6) is 0. The zero-order chi connectivity index (χ0) is 13.5. The first-order valence-electron chi connectivity index (χ1n) is 5.79. The van der Waals surface area contributed by atoms with E-state index >= 15 is 0 Å². The number of benzene rings is 2. The molecule has 0 unspecified atom stereocenters. The molecular formula is C14H12NO3P. The van der Waals surface area contributed by atoms with E-state index < -0.39 is 7.60 Å². The van der Waals surface area contributed by atoms with Crippen molar-refractivity contribution in [3.8, 4) is 11.3 Å². The molecule has 0 saturated heterocycles. The molecule has 0 spiro atoms. The molecule has 0 saturated carbocycles. The maximum atomic E-state index is 11.8. The Bertz CT molecular complexity index is 774. The largest absolute Gasteiger partial charge is 0.359 e. The van der Waals surface area contributed by atoms with Crippen LogP contribution in [0.3, 0.4) is 0 Å². The fraction of sp³-hybridized carbons (Fsp3) is 0. The smallest absolute Gasteiger partial charge is 0.354 e. The Morgan fingerprint density at radius 3 is 2.21 bits per heavy atom. The highest BCUT2D eigenvalue weighted by Gasteiger charge is 2.27. The molecule has 0 aliphatic rings. The van der Waals surface area contributed by atoms with Crippen molar-refractivity contribution in [2.24, 2.45) is 0 Å². The molecule has 3 aromatic rings. The summed E-state index contributed by atoms with van der Waals surface area (Å²) in [5, 5.41) is 0.629. The van der Waals surface area contributed by atoms with E-state index in [4.69, 9.17) is 0 Å². The number of H-pyrrole nitrogens is 1. The van der Waals surface area contributed by atoms with Gasteiger partial charge in [0.1, 0.15) is 0 Å². The minimum atomic E-state index is -4.35. The third kappa shape index (κ3) is 2.10. The second-order valence-electron chi connectivity index (χ2n) is 4.30. The van der Waals surface area contributed by atoms with Crippen molar-refractivity contribution in [1.82, 2.24) is 4.98 Å². The normalized spacial score (nSPS) is 11.9. The second-order valence-corrected chi connectivity index (χ2v) is 5.84. The molecule has 3 N–H and O–H groups in total. The van der Waals surface area contributed by atoms with Gasteiger partial charge in [-0.2, -0.15) is 0 Å². The van der Waals surface area contributed by atoms with Gasteiger partial charge in [-0.25, -0.2) is 0 Å². The molecule has 5 heteroatoms. The van der Waals surface area contributed by atoms with Crippen molar-refractivity contribution in [1.29, 1.82) is 0 Å². The maximum absolute atomic E-state index is 11.8. The molecule has 0 amide bonds. The molecule has 3 rings (SSSR count). The average molecular weight is 273 g/mol. The van der Waals surface area contributed by atoms with E-state index in [9.17, 15) is 14.4 Å². The minimum Gasteiger partial charge on any atom is -0.354 e. The monoisotopic (exact) mass is 273 g/mol. The van der Waals surface area contributed by atoms with Crippen LogP contribution in [0.5, 0.6) is 0 Å². The zero-order valence-corrected chi connectivity index (χ0v) is 10.8. The topological polar surface area (TPSA) is 73.3 Å². The Kier molecular flexibility index (Phi) is 2.79. The molecule has 2 aromatic carbocycles. The number of aromatic nitrogens is 1. The number of nitrogens with one attached hydrogen (secondary N) is 1. The summed E-state index contributed by atoms with van der Waals surface area (Å²) in [4.78, 5) is 22.3. The summed E-state index contributed by atoms with van der Waals surface area (Å²) < 4.78 is 11.8. The molecule has 4 nitrogen and oxygen atoms in total. The second kappa shape index (κ2) is 4.35. The Hall–Kier alpha value is -1.87. The van der Waals surface area contributed by atoms with Gasteiger partial charge in [-0.1, -0.05) is 48.5 Å². The van der Waals surface area contributed by atoms with Crippen molar-refractivity contribution in [2.75, 3.05) is 0 Å². The average Bonchev–Trinajstić information content (AvgIpc) is 2.79. The molecule has 0 aliphatic carbocycles. The predicted molar refractivity (Wildman–Crippen MR) is 75.4 cm³/mol. The molecule has 1 heterocycles. The number of fused-ring (bicyclic) bond motifs is 1. The fourth-order valence-electron chi connectivity index (χ4n) is 2.24. The Balaban J connectivity index is 2.39. The number of hydrogen-bond donors (Lipinski definition) is 3. The highest BCUT2D eigenvalue weighted by molar-refractivity contribution is 7.61. The van der Waals surface area contributed by atoms with Crippen LogP contribution in [0.25, 0.3) is 22.2 Å². The van der Waals surface area contributed by atoms with Crippen molar-refractivity contribution in [3.05, 3.63) is 54.6 Å². The van der Waals surface area contributed by atoms with Crippen LogP contribution in [0.1, 0.15) is 0 Å². The first-order chi connectivity index (χ1) is 9.07. The Labute approximate surface area is 109 Å². The molecular weight excluding hydrogens is 261 g/mol. The van der Waals surface area contributed by atoms with Gasteiger partial charge in [0.25, 0.3) is 0 Å². The van der Waals surface area contributed by atoms with Crippen LogP contribution in [0.4, 0.5) is 0 Å². The minimum absolute atomic E-state index is 0.0642. The first kappa shape index (κ1) is 12.2. The van der Waals surface area contributed by atoms with Crippen molar-refractivity contribution >= 4 is 23.8 Å². The van der Waals surface area contributed by atoms with E-state index in [1.54, 1.807) is 18.2 Å². The van der Waals surface area contributed by atoms with Crippen LogP contribution in [0.2, 0.25) is 0 Å². The molecule has 0 fully saturated rings. The van der Waals surface area contributed by atoms with Crippen LogP contribution in [-0.4, -0.2) is 14.8 Å². The lowest BCUT2D eigenvalue weighted by Gasteiger charge is -2.06. The van der Waals surface area contributed by atoms with E-state index in [0.29, 0.717) is 11.1 Å². The van der Waals surface area contributed by atoms with Crippen molar-refractivity contribution in [3.63, 3.8) is 0 Å². The van der Waals surface area contributed by atoms with Crippen molar-refractivity contribution in [2.45, 2.75) is 0 Å². The fourth-order valence-corrected chi connectivity index (χ4v) is 3.23. The first-order valence-corrected chi connectivity index (χ1v) is 7.41. The Morgan fingerprint density at radius 2 is 1.53 bits per heavy atom. The van der Waals surface area contributed by atoms with Gasteiger partial charge in [-0.15, -0.1) is 0 Å². The van der Waals surface area contributed by atoms with Crippen LogP contribution >= 0.6 is 7.60 Å². The van der Waals surface area contributed by atoms with Crippen LogP contribution in [-0.2, 0) is 4.57 Å². The van der Waals surface area contributed by atoms with Gasteiger partial charge in [0.05, 0.1) is 11.0 Å². The summed E-state index contributed by atoms with van der Waals surface area (Å²) in [6.45, 7) is 0. The lowest BCUT2D eigenvalue weighted by Crippen LogP contribution is -2.05. The summed E-state index contributed by atoms with van der Waals surface area (Å²) in [5.41, 5.74) is 1.96. The zero-order valence-electron chi connectivity index (χ0n) is 9.95. The van der Waals surface area contributed by atoms with Crippen LogP contribution in [0, 0.1) is 0 Å². The highest BCUT2D eigenvalue weighted by Crippen LogP contribution is 2.41. The lowest BCUT2D eigenvalue weighted by molar-refractivity contribution is 0.388. The lowest BCUT2D eigenvalue weighted by atomic mass is 10.1. The van der Waals surface area contributed by atoms with E-state index in [1.165, 1.54) is 0 Å². The summed E-state index contributed by atoms with van der Waals surface area (Å²) in [6, 6.07) is 16.3. The Morgan fingerprint density at radius 1 is 0.895 bits per heavy atom. The van der Waals surface area contributed by atoms with E-state index in [2.05, 4.69) is 4.98 Å². The third-order valence-electron chi connectivity index (χ3n) is 3.03. The molecule has 0 aliphatic heterocycles. The standard InChI is InChI=1S/C14H12NO3P/c16-19(17,18)14-11-8-4-5-9-12(11)15-13(14)10-6-2-1-3-7-10/h1-9,15H,(H2,16,17,18). The van der Waals surface area contributed by atoms with Gasteiger partial charge in [0.15, 0.2) is 0 Å². The quantitative estimate of drug-likeness (QED) is 0.628. The summed E-state index contributed by atoms with van der Waals surface area (Å²) in [6.07, 6.45) is 0. The van der Waals surface area contributed by atoms with Crippen LogP contribution < -0.4 is 5.30 Å². The molecule has 0 radical (unpaired) electrons. The number of rotatable bonds is 2. The van der Waals surface area contributed by atoms with E-state index in [0.717, 1.165) is 11.1 Å². The summed E-state index contributed by atoms with van der Waals surface area (Å²) in [7, 11) is -4.35. The number of aromatic amines is 1. The maximum Gasteiger partial charge on any atom is 0.359 e. The van der Waals surface area contributed by atoms with Gasteiger partial charge in [0, 0.05) is 10.9 Å². The molecule has 0 atom stereocenters. The molecule has 19 heavy (non-hydrogen) atoms. The van der Waals surface area contributed by atoms with E-state index in [1.807, 2.05) is 36.4 Å². The number of para-hydroxylation sites is 1. The number of hydrogen-bond acceptors (Lipinski definition) is 1. The molecule has 1 aromatic heterocycles. The molecule has 96 valence electrons. The van der Waals surface area contributed by atoms with E-state index in [-0.39, 0.29) is 5.30 Å². The molecule has 0 bridgehead atoms. The van der Waals surface area contributed by atoms with Gasteiger partial charge in [-0.3, -0.25) is 4.57 Å². The van der Waals surface area contributed by atoms with Gasteiger partial charge in [-0.05, 0) is 11.6 Å². The summed E-state index contributed by atoms with van der Waals surface area (Å²) >= 11 is 0.